The summed E-state index contributed by atoms with van der Waals surface area (Å²) in [5.41, 5.74) is 0. The molecule has 1 aliphatic carbocycles. The zero-order chi connectivity index (χ0) is 12.8. The van der Waals surface area contributed by atoms with Gasteiger partial charge in [-0.1, -0.05) is 0 Å². The van der Waals surface area contributed by atoms with Gasteiger partial charge in [-0.25, -0.2) is 9.97 Å². The molecule has 18 heavy (non-hydrogen) atoms. The molecule has 1 heterocycles. The van der Waals surface area contributed by atoms with Gasteiger partial charge in [0.05, 0.1) is 19.8 Å². The minimum Gasteiger partial charge on any atom is -0.478 e. The zero-order valence-electron chi connectivity index (χ0n) is 10.5. The van der Waals surface area contributed by atoms with Crippen LogP contribution in [0.15, 0.2) is 12.4 Å². The Balaban J connectivity index is 1.68. The lowest BCUT2D eigenvalue weighted by Gasteiger charge is -2.13. The van der Waals surface area contributed by atoms with Crippen molar-refractivity contribution in [2.24, 2.45) is 5.92 Å². The number of aliphatic hydroxyl groups excluding tert-OH is 1. The summed E-state index contributed by atoms with van der Waals surface area (Å²) in [4.78, 5) is 8.10. The monoisotopic (exact) mass is 253 g/mol. The van der Waals surface area contributed by atoms with Crippen LogP contribution >= 0.6 is 0 Å². The van der Waals surface area contributed by atoms with E-state index in [1.165, 1.54) is 20.0 Å². The van der Waals surface area contributed by atoms with E-state index in [0.717, 1.165) is 6.61 Å². The zero-order valence-corrected chi connectivity index (χ0v) is 10.5. The Labute approximate surface area is 106 Å². The third kappa shape index (κ3) is 4.12. The Hall–Kier alpha value is -1.40. The van der Waals surface area contributed by atoms with E-state index in [2.05, 4.69) is 15.3 Å². The Morgan fingerprint density at radius 2 is 2.22 bits per heavy atom. The summed E-state index contributed by atoms with van der Waals surface area (Å²) in [5, 5.41) is 12.7. The molecule has 2 N–H and O–H groups in total. The molecular formula is C12H19N3O3. The molecule has 0 bridgehead atoms. The fourth-order valence-electron chi connectivity index (χ4n) is 1.52. The summed E-state index contributed by atoms with van der Waals surface area (Å²) in [6.07, 6.45) is 5.08. The highest BCUT2D eigenvalue weighted by Gasteiger charge is 2.21. The van der Waals surface area contributed by atoms with Crippen molar-refractivity contribution in [1.82, 2.24) is 9.97 Å². The molecule has 0 aliphatic heterocycles. The highest BCUT2D eigenvalue weighted by atomic mass is 16.5. The summed E-state index contributed by atoms with van der Waals surface area (Å²) < 4.78 is 10.5. The normalized spacial score (nSPS) is 16.3. The Morgan fingerprint density at radius 1 is 1.44 bits per heavy atom. The summed E-state index contributed by atoms with van der Waals surface area (Å²) >= 11 is 0. The predicted molar refractivity (Wildman–Crippen MR) is 66.6 cm³/mol. The molecule has 1 aliphatic rings. The van der Waals surface area contributed by atoms with Crippen molar-refractivity contribution in [3.8, 4) is 5.88 Å². The molecule has 2 rings (SSSR count). The Morgan fingerprint density at radius 3 is 2.94 bits per heavy atom. The smallest absolute Gasteiger partial charge is 0.257 e. The molecule has 0 aromatic carbocycles. The number of hydrogen-bond acceptors (Lipinski definition) is 6. The van der Waals surface area contributed by atoms with E-state index in [1.54, 1.807) is 12.4 Å². The second kappa shape index (κ2) is 6.51. The van der Waals surface area contributed by atoms with Gasteiger partial charge in [-0.15, -0.1) is 0 Å². The fourth-order valence-corrected chi connectivity index (χ4v) is 1.52. The third-order valence-corrected chi connectivity index (χ3v) is 2.72. The number of aliphatic hydroxyl groups is 1. The topological polar surface area (TPSA) is 76.5 Å². The van der Waals surface area contributed by atoms with Crippen molar-refractivity contribution in [2.75, 3.05) is 32.2 Å². The van der Waals surface area contributed by atoms with Gasteiger partial charge in [-0.05, 0) is 18.8 Å². The second-order valence-corrected chi connectivity index (χ2v) is 4.43. The molecule has 100 valence electrons. The van der Waals surface area contributed by atoms with Crippen LogP contribution in [-0.4, -0.2) is 48.0 Å². The van der Waals surface area contributed by atoms with Crippen molar-refractivity contribution >= 4 is 5.82 Å². The van der Waals surface area contributed by atoms with E-state index in [4.69, 9.17) is 9.47 Å². The van der Waals surface area contributed by atoms with Crippen LogP contribution in [0.25, 0.3) is 0 Å². The van der Waals surface area contributed by atoms with Gasteiger partial charge in [0.25, 0.3) is 5.88 Å². The van der Waals surface area contributed by atoms with Crippen LogP contribution in [0.5, 0.6) is 5.88 Å². The maximum absolute atomic E-state index is 9.73. The van der Waals surface area contributed by atoms with E-state index in [9.17, 15) is 5.11 Å². The molecule has 0 saturated heterocycles. The number of anilines is 1. The molecule has 0 spiro atoms. The highest BCUT2D eigenvalue weighted by Crippen LogP contribution is 2.28. The van der Waals surface area contributed by atoms with Crippen molar-refractivity contribution in [1.29, 1.82) is 0 Å². The largest absolute Gasteiger partial charge is 0.478 e. The minimum atomic E-state index is -0.560. The standard InChI is InChI=1S/C12H19N3O3/c1-17-12-11(13-4-5-14-12)15-6-10(16)8-18-7-9-2-3-9/h4-5,9-10,16H,2-3,6-8H2,1H3,(H,13,15). The molecule has 1 atom stereocenters. The number of methoxy groups -OCH3 is 1. The van der Waals surface area contributed by atoms with Crippen LogP contribution in [0.2, 0.25) is 0 Å². The fraction of sp³-hybridized carbons (Fsp3) is 0.667. The SMILES string of the molecule is COc1nccnc1NCC(O)COCC1CC1. The van der Waals surface area contributed by atoms with E-state index < -0.39 is 6.10 Å². The van der Waals surface area contributed by atoms with Gasteiger partial charge in [0, 0.05) is 25.5 Å². The van der Waals surface area contributed by atoms with Crippen LogP contribution in [0, 0.1) is 5.92 Å². The van der Waals surface area contributed by atoms with Crippen LogP contribution in [0.3, 0.4) is 0 Å². The quantitative estimate of drug-likeness (QED) is 0.709. The molecule has 1 aromatic heterocycles. The summed E-state index contributed by atoms with van der Waals surface area (Å²) in [6.45, 7) is 1.46. The summed E-state index contributed by atoms with van der Waals surface area (Å²) in [7, 11) is 1.53. The van der Waals surface area contributed by atoms with Gasteiger partial charge in [-0.2, -0.15) is 0 Å². The van der Waals surface area contributed by atoms with Crippen molar-refractivity contribution in [3.63, 3.8) is 0 Å². The molecular weight excluding hydrogens is 234 g/mol. The van der Waals surface area contributed by atoms with E-state index >= 15 is 0 Å². The maximum Gasteiger partial charge on any atom is 0.257 e. The Bertz CT molecular complexity index is 371. The first-order valence-corrected chi connectivity index (χ1v) is 6.14. The number of aromatic nitrogens is 2. The van der Waals surface area contributed by atoms with E-state index in [0.29, 0.717) is 30.8 Å². The maximum atomic E-state index is 9.73. The summed E-state index contributed by atoms with van der Waals surface area (Å²) in [5.74, 6) is 1.66. The van der Waals surface area contributed by atoms with Crippen molar-refractivity contribution < 1.29 is 14.6 Å². The molecule has 6 heteroatoms. The summed E-state index contributed by atoms with van der Waals surface area (Å²) in [6, 6.07) is 0. The molecule has 0 amide bonds. The number of ether oxygens (including phenoxy) is 2. The lowest BCUT2D eigenvalue weighted by molar-refractivity contribution is 0.0385. The van der Waals surface area contributed by atoms with E-state index in [-0.39, 0.29) is 0 Å². The van der Waals surface area contributed by atoms with Gasteiger partial charge in [0.15, 0.2) is 5.82 Å². The average Bonchev–Trinajstić information content (AvgIpc) is 3.21. The van der Waals surface area contributed by atoms with Gasteiger partial charge in [-0.3, -0.25) is 0 Å². The van der Waals surface area contributed by atoms with Crippen molar-refractivity contribution in [3.05, 3.63) is 12.4 Å². The van der Waals surface area contributed by atoms with E-state index in [1.807, 2.05) is 0 Å². The van der Waals surface area contributed by atoms with Gasteiger partial charge < -0.3 is 19.9 Å². The van der Waals surface area contributed by atoms with Gasteiger partial charge >= 0.3 is 0 Å². The predicted octanol–water partition coefficient (Wildman–Crippen LogP) is 0.685. The first-order valence-electron chi connectivity index (χ1n) is 6.14. The van der Waals surface area contributed by atoms with Crippen LogP contribution < -0.4 is 10.1 Å². The minimum absolute atomic E-state index is 0.339. The van der Waals surface area contributed by atoms with Crippen molar-refractivity contribution in [2.45, 2.75) is 18.9 Å². The lowest BCUT2D eigenvalue weighted by Crippen LogP contribution is -2.25. The number of nitrogens with zero attached hydrogens (tertiary/aromatic N) is 2. The lowest BCUT2D eigenvalue weighted by atomic mass is 10.3. The molecule has 0 radical (unpaired) electrons. The number of nitrogens with one attached hydrogen (secondary N) is 1. The molecule has 1 saturated carbocycles. The first kappa shape index (κ1) is 13.0. The van der Waals surface area contributed by atoms with Gasteiger partial charge in [0.1, 0.15) is 0 Å². The number of rotatable bonds is 8. The second-order valence-electron chi connectivity index (χ2n) is 4.43. The first-order chi connectivity index (χ1) is 8.79. The van der Waals surface area contributed by atoms with Crippen LogP contribution in [0.4, 0.5) is 5.82 Å². The third-order valence-electron chi connectivity index (χ3n) is 2.72. The highest BCUT2D eigenvalue weighted by molar-refractivity contribution is 5.44. The molecule has 6 nitrogen and oxygen atoms in total. The van der Waals surface area contributed by atoms with Gasteiger partial charge in [0.2, 0.25) is 0 Å². The van der Waals surface area contributed by atoms with Crippen LogP contribution in [0.1, 0.15) is 12.8 Å². The number of hydrogen-bond donors (Lipinski definition) is 2. The average molecular weight is 253 g/mol. The van der Waals surface area contributed by atoms with Crippen LogP contribution in [-0.2, 0) is 4.74 Å². The molecule has 1 aromatic rings. The molecule has 1 fully saturated rings. The Kier molecular flexibility index (Phi) is 4.72. The molecule has 1 unspecified atom stereocenters.